The Morgan fingerprint density at radius 1 is 0.889 bits per heavy atom. The summed E-state index contributed by atoms with van der Waals surface area (Å²) in [6, 6.07) is 5.81. The van der Waals surface area contributed by atoms with Crippen LogP contribution in [-0.4, -0.2) is 94.0 Å². The van der Waals surface area contributed by atoms with Crippen LogP contribution < -0.4 is 16.7 Å². The van der Waals surface area contributed by atoms with Gasteiger partial charge >= 0.3 is 5.69 Å². The van der Waals surface area contributed by atoms with Crippen LogP contribution in [0.2, 0.25) is 0 Å². The first-order valence-electron chi connectivity index (χ1n) is 13.4. The van der Waals surface area contributed by atoms with E-state index >= 15 is 0 Å². The second-order valence-electron chi connectivity index (χ2n) is 10.7. The first kappa shape index (κ1) is 25.1. The van der Waals surface area contributed by atoms with E-state index in [1.807, 2.05) is 6.07 Å². The molecule has 36 heavy (non-hydrogen) atoms. The van der Waals surface area contributed by atoms with E-state index in [0.29, 0.717) is 12.5 Å². The SMILES string of the molecule is Cn1c(=O)n(C2CCC(=O)NC2=O)c2ccc(CN3CCN(CCCN4CCC(N)CC4)CC3)cc21. The van der Waals surface area contributed by atoms with Gasteiger partial charge < -0.3 is 15.5 Å². The molecule has 1 atom stereocenters. The Bertz CT molecular complexity index is 1160. The number of nitrogens with zero attached hydrogens (tertiary/aromatic N) is 5. The normalized spacial score (nSPS) is 23.4. The van der Waals surface area contributed by atoms with Crippen molar-refractivity contribution in [2.75, 3.05) is 52.4 Å². The fraction of sp³-hybridized carbons (Fsp3) is 0.654. The molecule has 1 unspecified atom stereocenters. The van der Waals surface area contributed by atoms with Gasteiger partial charge in [0.25, 0.3) is 0 Å². The summed E-state index contributed by atoms with van der Waals surface area (Å²) in [4.78, 5) is 44.5. The van der Waals surface area contributed by atoms with Gasteiger partial charge in [0.05, 0.1) is 11.0 Å². The highest BCUT2D eigenvalue weighted by Gasteiger charge is 2.31. The number of nitrogens with two attached hydrogens (primary N) is 1. The molecular formula is C26H39N7O3. The minimum atomic E-state index is -0.648. The summed E-state index contributed by atoms with van der Waals surface area (Å²) in [7, 11) is 1.74. The molecule has 2 aromatic rings. The van der Waals surface area contributed by atoms with Crippen LogP contribution in [0, 0.1) is 0 Å². The molecule has 4 heterocycles. The van der Waals surface area contributed by atoms with Gasteiger partial charge in [0.1, 0.15) is 6.04 Å². The fourth-order valence-corrected chi connectivity index (χ4v) is 5.86. The summed E-state index contributed by atoms with van der Waals surface area (Å²) in [5, 5.41) is 2.36. The number of rotatable bonds is 7. The molecule has 3 N–H and O–H groups in total. The minimum absolute atomic E-state index is 0.224. The average Bonchev–Trinajstić information content (AvgIpc) is 3.11. The van der Waals surface area contributed by atoms with Gasteiger partial charge in [-0.1, -0.05) is 6.07 Å². The topological polar surface area (TPSA) is 109 Å². The largest absolute Gasteiger partial charge is 0.329 e. The van der Waals surface area contributed by atoms with Gasteiger partial charge in [0.2, 0.25) is 11.8 Å². The van der Waals surface area contributed by atoms with Crippen molar-refractivity contribution < 1.29 is 9.59 Å². The van der Waals surface area contributed by atoms with Gasteiger partial charge in [-0.3, -0.25) is 28.9 Å². The van der Waals surface area contributed by atoms with Crippen molar-refractivity contribution in [3.05, 3.63) is 34.2 Å². The molecule has 3 aliphatic rings. The van der Waals surface area contributed by atoms with Crippen molar-refractivity contribution in [1.82, 2.24) is 29.2 Å². The number of aryl methyl sites for hydroxylation is 1. The van der Waals surface area contributed by atoms with Crippen LogP contribution in [0.25, 0.3) is 11.0 Å². The van der Waals surface area contributed by atoms with Gasteiger partial charge in [0, 0.05) is 52.2 Å². The molecule has 0 spiro atoms. The highest BCUT2D eigenvalue weighted by Crippen LogP contribution is 2.24. The number of hydrogen-bond donors (Lipinski definition) is 2. The second kappa shape index (κ2) is 10.8. The molecule has 0 aliphatic carbocycles. The molecule has 3 fully saturated rings. The highest BCUT2D eigenvalue weighted by atomic mass is 16.2. The lowest BCUT2D eigenvalue weighted by molar-refractivity contribution is -0.135. The summed E-state index contributed by atoms with van der Waals surface area (Å²) < 4.78 is 3.15. The quantitative estimate of drug-likeness (QED) is 0.528. The van der Waals surface area contributed by atoms with Gasteiger partial charge in [-0.2, -0.15) is 0 Å². The first-order chi connectivity index (χ1) is 17.4. The van der Waals surface area contributed by atoms with Crippen LogP contribution in [0.1, 0.15) is 43.7 Å². The number of piperidine rings is 2. The molecule has 5 rings (SSSR count). The molecule has 0 bridgehead atoms. The average molecular weight is 498 g/mol. The molecule has 196 valence electrons. The van der Waals surface area contributed by atoms with E-state index in [0.717, 1.165) is 81.8 Å². The zero-order chi connectivity index (χ0) is 25.2. The van der Waals surface area contributed by atoms with Crippen LogP contribution in [-0.2, 0) is 23.2 Å². The third kappa shape index (κ3) is 5.41. The molecule has 3 aliphatic heterocycles. The van der Waals surface area contributed by atoms with Gasteiger partial charge in [-0.05, 0) is 69.6 Å². The van der Waals surface area contributed by atoms with Gasteiger partial charge in [0.15, 0.2) is 0 Å². The molecule has 10 heteroatoms. The van der Waals surface area contributed by atoms with E-state index in [2.05, 4.69) is 32.1 Å². The van der Waals surface area contributed by atoms with E-state index in [4.69, 9.17) is 5.73 Å². The lowest BCUT2D eigenvalue weighted by Crippen LogP contribution is -2.46. The van der Waals surface area contributed by atoms with Gasteiger partial charge in [-0.15, -0.1) is 0 Å². The standard InChI is InChI=1S/C26H39N7O3/c1-29-23-17-19(3-4-21(23)33(26(29)36)22-5-6-24(34)28-25(22)35)18-32-15-13-31(14-16-32)10-2-9-30-11-7-20(27)8-12-30/h3-4,17,20,22H,2,5-16,18,27H2,1H3,(H,28,34,35). The first-order valence-corrected chi connectivity index (χ1v) is 13.4. The number of imide groups is 1. The Balaban J connectivity index is 1.15. The predicted molar refractivity (Wildman–Crippen MR) is 139 cm³/mol. The number of imidazole rings is 1. The lowest BCUT2D eigenvalue weighted by Gasteiger charge is -2.35. The third-order valence-corrected chi connectivity index (χ3v) is 8.13. The third-order valence-electron chi connectivity index (χ3n) is 8.13. The lowest BCUT2D eigenvalue weighted by atomic mass is 10.1. The smallest absolute Gasteiger partial charge is 0.328 e. The Hall–Kier alpha value is -2.53. The summed E-state index contributed by atoms with van der Waals surface area (Å²) in [6.45, 7) is 9.68. The monoisotopic (exact) mass is 497 g/mol. The number of fused-ring (bicyclic) bond motifs is 1. The van der Waals surface area contributed by atoms with Crippen molar-refractivity contribution in [2.45, 2.75) is 50.7 Å². The maximum absolute atomic E-state index is 13.0. The minimum Gasteiger partial charge on any atom is -0.328 e. The fourth-order valence-electron chi connectivity index (χ4n) is 5.86. The molecule has 1 aromatic heterocycles. The van der Waals surface area contributed by atoms with E-state index in [1.165, 1.54) is 17.5 Å². The molecular weight excluding hydrogens is 458 g/mol. The molecule has 2 amide bonds. The van der Waals surface area contributed by atoms with Crippen LogP contribution in [0.15, 0.2) is 23.0 Å². The number of hydrogen-bond acceptors (Lipinski definition) is 7. The predicted octanol–water partition coefficient (Wildman–Crippen LogP) is 0.249. The van der Waals surface area contributed by atoms with Crippen molar-refractivity contribution in [2.24, 2.45) is 12.8 Å². The summed E-state index contributed by atoms with van der Waals surface area (Å²) in [5.74, 6) is -0.679. The van der Waals surface area contributed by atoms with Crippen molar-refractivity contribution >= 4 is 22.8 Å². The highest BCUT2D eigenvalue weighted by molar-refractivity contribution is 6.00. The second-order valence-corrected chi connectivity index (χ2v) is 10.7. The molecule has 1 aromatic carbocycles. The van der Waals surface area contributed by atoms with Crippen LogP contribution in [0.5, 0.6) is 0 Å². The van der Waals surface area contributed by atoms with E-state index < -0.39 is 11.9 Å². The van der Waals surface area contributed by atoms with Crippen LogP contribution in [0.3, 0.4) is 0 Å². The zero-order valence-corrected chi connectivity index (χ0v) is 21.3. The summed E-state index contributed by atoms with van der Waals surface area (Å²) in [5.41, 5.74) is 8.51. The number of carbonyl (C=O) groups excluding carboxylic acids is 2. The summed E-state index contributed by atoms with van der Waals surface area (Å²) in [6.07, 6.45) is 4.06. The van der Waals surface area contributed by atoms with Crippen molar-refractivity contribution in [3.63, 3.8) is 0 Å². The number of carbonyl (C=O) groups is 2. The van der Waals surface area contributed by atoms with Crippen molar-refractivity contribution in [3.8, 4) is 0 Å². The van der Waals surface area contributed by atoms with Crippen LogP contribution >= 0.6 is 0 Å². The molecule has 0 saturated carbocycles. The Morgan fingerprint density at radius 3 is 2.25 bits per heavy atom. The number of aromatic nitrogens is 2. The maximum atomic E-state index is 13.0. The van der Waals surface area contributed by atoms with E-state index in [1.54, 1.807) is 11.6 Å². The van der Waals surface area contributed by atoms with Crippen LogP contribution in [0.4, 0.5) is 0 Å². The number of benzene rings is 1. The Kier molecular flexibility index (Phi) is 7.57. The van der Waals surface area contributed by atoms with E-state index in [-0.39, 0.29) is 18.0 Å². The molecule has 3 saturated heterocycles. The number of likely N-dealkylation sites (tertiary alicyclic amines) is 1. The maximum Gasteiger partial charge on any atom is 0.329 e. The number of amides is 2. The Labute approximate surface area is 212 Å². The Morgan fingerprint density at radius 2 is 1.56 bits per heavy atom. The van der Waals surface area contributed by atoms with Crippen molar-refractivity contribution in [1.29, 1.82) is 0 Å². The van der Waals surface area contributed by atoms with Gasteiger partial charge in [-0.25, -0.2) is 4.79 Å². The van der Waals surface area contributed by atoms with E-state index in [9.17, 15) is 14.4 Å². The molecule has 10 nitrogen and oxygen atoms in total. The number of nitrogens with one attached hydrogen (secondary N) is 1. The zero-order valence-electron chi connectivity index (χ0n) is 21.3. The summed E-state index contributed by atoms with van der Waals surface area (Å²) >= 11 is 0. The molecule has 0 radical (unpaired) electrons. The number of piperazine rings is 1.